The topological polar surface area (TPSA) is 79.6 Å². The van der Waals surface area contributed by atoms with Gasteiger partial charge in [0.25, 0.3) is 0 Å². The molecule has 6 heteroatoms. The Balaban J connectivity index is 2.91. The van der Waals surface area contributed by atoms with Crippen LogP contribution in [-0.4, -0.2) is 40.2 Å². The van der Waals surface area contributed by atoms with E-state index in [1.165, 1.54) is 4.90 Å². The van der Waals surface area contributed by atoms with E-state index in [2.05, 4.69) is 0 Å². The summed E-state index contributed by atoms with van der Waals surface area (Å²) in [4.78, 5) is 25.7. The van der Waals surface area contributed by atoms with Gasteiger partial charge in [0.05, 0.1) is 6.07 Å². The van der Waals surface area contributed by atoms with E-state index in [0.29, 0.717) is 12.8 Å². The number of nitriles is 1. The third kappa shape index (κ3) is 4.92. The van der Waals surface area contributed by atoms with Gasteiger partial charge >= 0.3 is 12.1 Å². The number of rotatable bonds is 1. The van der Waals surface area contributed by atoms with Crippen LogP contribution in [0.15, 0.2) is 0 Å². The Morgan fingerprint density at radius 1 is 1.05 bits per heavy atom. The summed E-state index contributed by atoms with van der Waals surface area (Å²) in [5, 5.41) is 9.16. The molecule has 0 aromatic carbocycles. The third-order valence-electron chi connectivity index (χ3n) is 2.82. The minimum absolute atomic E-state index is 0.409. The SMILES string of the molecule is CC(C)(C)OC(=O)C1CCC(C#N)N1C(=O)OC(C)(C)C. The molecule has 1 rings (SSSR count). The van der Waals surface area contributed by atoms with Crippen molar-refractivity contribution < 1.29 is 19.1 Å². The van der Waals surface area contributed by atoms with Crippen LogP contribution in [-0.2, 0) is 14.3 Å². The van der Waals surface area contributed by atoms with Gasteiger partial charge in [0.2, 0.25) is 0 Å². The summed E-state index contributed by atoms with van der Waals surface area (Å²) in [5.74, 6) is -0.494. The molecule has 1 aliphatic heterocycles. The molecule has 0 radical (unpaired) electrons. The maximum atomic E-state index is 12.3. The van der Waals surface area contributed by atoms with Crippen LogP contribution in [0.2, 0.25) is 0 Å². The van der Waals surface area contributed by atoms with E-state index in [1.807, 2.05) is 6.07 Å². The molecule has 118 valence electrons. The minimum Gasteiger partial charge on any atom is -0.458 e. The average Bonchev–Trinajstić information content (AvgIpc) is 2.67. The van der Waals surface area contributed by atoms with Crippen LogP contribution in [0.4, 0.5) is 4.79 Å². The fourth-order valence-corrected chi connectivity index (χ4v) is 2.11. The first-order chi connectivity index (χ1) is 9.44. The molecule has 0 N–H and O–H groups in total. The van der Waals surface area contributed by atoms with Gasteiger partial charge in [0.1, 0.15) is 23.3 Å². The first kappa shape index (κ1) is 17.3. The third-order valence-corrected chi connectivity index (χ3v) is 2.82. The lowest BCUT2D eigenvalue weighted by atomic mass is 10.1. The van der Waals surface area contributed by atoms with Gasteiger partial charge in [-0.1, -0.05) is 0 Å². The number of hydrogen-bond donors (Lipinski definition) is 0. The zero-order valence-electron chi connectivity index (χ0n) is 13.6. The minimum atomic E-state index is -0.760. The maximum Gasteiger partial charge on any atom is 0.412 e. The smallest absolute Gasteiger partial charge is 0.412 e. The Bertz CT molecular complexity index is 454. The van der Waals surface area contributed by atoms with Crippen molar-refractivity contribution in [2.75, 3.05) is 0 Å². The molecule has 1 heterocycles. The lowest BCUT2D eigenvalue weighted by Crippen LogP contribution is -2.48. The molecule has 1 aliphatic rings. The molecule has 6 nitrogen and oxygen atoms in total. The number of carbonyl (C=O) groups excluding carboxylic acids is 2. The molecular weight excluding hydrogens is 272 g/mol. The molecule has 0 aromatic rings. The van der Waals surface area contributed by atoms with Crippen molar-refractivity contribution in [3.63, 3.8) is 0 Å². The Morgan fingerprint density at radius 3 is 2.00 bits per heavy atom. The normalized spacial score (nSPS) is 22.6. The van der Waals surface area contributed by atoms with Crippen LogP contribution in [0.25, 0.3) is 0 Å². The van der Waals surface area contributed by atoms with Crippen LogP contribution in [0.1, 0.15) is 54.4 Å². The second-order valence-electron chi connectivity index (χ2n) is 7.16. The van der Waals surface area contributed by atoms with Crippen molar-refractivity contribution in [3.05, 3.63) is 0 Å². The van der Waals surface area contributed by atoms with E-state index >= 15 is 0 Å². The second kappa shape index (κ2) is 5.92. The summed E-state index contributed by atoms with van der Waals surface area (Å²) in [6.07, 6.45) is 0.203. The number of hydrogen-bond acceptors (Lipinski definition) is 5. The Labute approximate surface area is 126 Å². The van der Waals surface area contributed by atoms with E-state index in [-0.39, 0.29) is 0 Å². The highest BCUT2D eigenvalue weighted by Gasteiger charge is 2.44. The van der Waals surface area contributed by atoms with E-state index in [1.54, 1.807) is 41.5 Å². The van der Waals surface area contributed by atoms with Crippen molar-refractivity contribution in [1.29, 1.82) is 5.26 Å². The van der Waals surface area contributed by atoms with Crippen LogP contribution >= 0.6 is 0 Å². The van der Waals surface area contributed by atoms with Crippen molar-refractivity contribution >= 4 is 12.1 Å². The zero-order chi connectivity index (χ0) is 16.4. The highest BCUT2D eigenvalue weighted by molar-refractivity contribution is 5.83. The fourth-order valence-electron chi connectivity index (χ4n) is 2.11. The molecule has 21 heavy (non-hydrogen) atoms. The molecule has 0 aromatic heterocycles. The largest absolute Gasteiger partial charge is 0.458 e. The molecule has 0 saturated carbocycles. The number of nitrogens with zero attached hydrogens (tertiary/aromatic N) is 2. The summed E-state index contributed by atoms with van der Waals surface area (Å²) in [7, 11) is 0. The van der Waals surface area contributed by atoms with Gasteiger partial charge in [-0.3, -0.25) is 4.90 Å². The number of ether oxygens (including phenoxy) is 2. The predicted octanol–water partition coefficient (Wildman–Crippen LogP) is 2.62. The number of carbonyl (C=O) groups is 2. The molecule has 1 saturated heterocycles. The van der Waals surface area contributed by atoms with Crippen molar-refractivity contribution in [1.82, 2.24) is 4.90 Å². The second-order valence-corrected chi connectivity index (χ2v) is 7.16. The lowest BCUT2D eigenvalue weighted by Gasteiger charge is -2.30. The molecule has 2 atom stereocenters. The van der Waals surface area contributed by atoms with E-state index in [9.17, 15) is 9.59 Å². The quantitative estimate of drug-likeness (QED) is 0.695. The van der Waals surface area contributed by atoms with Gasteiger partial charge in [-0.05, 0) is 54.4 Å². The van der Waals surface area contributed by atoms with Gasteiger partial charge in [0.15, 0.2) is 0 Å². The summed E-state index contributed by atoms with van der Waals surface area (Å²) in [6, 6.07) is 0.630. The predicted molar refractivity (Wildman–Crippen MR) is 76.3 cm³/mol. The van der Waals surface area contributed by atoms with Crippen molar-refractivity contribution in [2.45, 2.75) is 77.7 Å². The standard InChI is InChI=1S/C15H24N2O4/c1-14(2,3)20-12(18)11-8-7-10(9-16)17(11)13(19)21-15(4,5)6/h10-11H,7-8H2,1-6H3. The molecule has 1 fully saturated rings. The molecule has 1 amide bonds. The molecular formula is C15H24N2O4. The molecule has 2 unspecified atom stereocenters. The van der Waals surface area contributed by atoms with Crippen molar-refractivity contribution in [2.24, 2.45) is 0 Å². The summed E-state index contributed by atoms with van der Waals surface area (Å²) in [5.41, 5.74) is -1.32. The summed E-state index contributed by atoms with van der Waals surface area (Å²) in [6.45, 7) is 10.5. The van der Waals surface area contributed by atoms with Gasteiger partial charge in [-0.25, -0.2) is 9.59 Å². The monoisotopic (exact) mass is 296 g/mol. The van der Waals surface area contributed by atoms with Crippen LogP contribution in [0.5, 0.6) is 0 Å². The maximum absolute atomic E-state index is 12.3. The highest BCUT2D eigenvalue weighted by Crippen LogP contribution is 2.28. The zero-order valence-corrected chi connectivity index (χ0v) is 13.6. The summed E-state index contributed by atoms with van der Waals surface area (Å²) >= 11 is 0. The van der Waals surface area contributed by atoms with Crippen LogP contribution in [0, 0.1) is 11.3 Å². The molecule has 0 aliphatic carbocycles. The first-order valence-electron chi connectivity index (χ1n) is 7.08. The van der Waals surface area contributed by atoms with E-state index < -0.39 is 35.3 Å². The number of esters is 1. The summed E-state index contributed by atoms with van der Waals surface area (Å²) < 4.78 is 10.6. The van der Waals surface area contributed by atoms with E-state index in [0.717, 1.165) is 0 Å². The Hall–Kier alpha value is -1.77. The highest BCUT2D eigenvalue weighted by atomic mass is 16.6. The van der Waals surface area contributed by atoms with Gasteiger partial charge in [-0.15, -0.1) is 0 Å². The van der Waals surface area contributed by atoms with Crippen molar-refractivity contribution in [3.8, 4) is 6.07 Å². The van der Waals surface area contributed by atoms with Gasteiger partial charge < -0.3 is 9.47 Å². The van der Waals surface area contributed by atoms with Crippen LogP contribution < -0.4 is 0 Å². The fraction of sp³-hybridized carbons (Fsp3) is 0.800. The van der Waals surface area contributed by atoms with Gasteiger partial charge in [0, 0.05) is 0 Å². The Morgan fingerprint density at radius 2 is 1.57 bits per heavy atom. The van der Waals surface area contributed by atoms with E-state index in [4.69, 9.17) is 14.7 Å². The Kier molecular flexibility index (Phi) is 4.87. The lowest BCUT2D eigenvalue weighted by molar-refractivity contribution is -0.160. The van der Waals surface area contributed by atoms with Crippen LogP contribution in [0.3, 0.4) is 0 Å². The molecule has 0 spiro atoms. The van der Waals surface area contributed by atoms with Gasteiger partial charge in [-0.2, -0.15) is 5.26 Å². The number of amides is 1. The molecule has 0 bridgehead atoms. The first-order valence-corrected chi connectivity index (χ1v) is 7.08. The average molecular weight is 296 g/mol. The number of likely N-dealkylation sites (tertiary alicyclic amines) is 1.